The van der Waals surface area contributed by atoms with Crippen molar-refractivity contribution < 1.29 is 4.74 Å². The monoisotopic (exact) mass is 254 g/mol. The van der Waals surface area contributed by atoms with Crippen LogP contribution in [0.1, 0.15) is 20.8 Å². The summed E-state index contributed by atoms with van der Waals surface area (Å²) in [6.07, 6.45) is 2.24. The van der Waals surface area contributed by atoms with Crippen LogP contribution in [0.25, 0.3) is 0 Å². The zero-order valence-corrected chi connectivity index (χ0v) is 11.8. The van der Waals surface area contributed by atoms with Crippen LogP contribution in [0.5, 0.6) is 5.75 Å². The van der Waals surface area contributed by atoms with E-state index in [9.17, 15) is 0 Å². The van der Waals surface area contributed by atoms with E-state index >= 15 is 0 Å². The molecular formula is C13H22N2OS. The third-order valence-corrected chi connectivity index (χ3v) is 3.38. The third-order valence-electron chi connectivity index (χ3n) is 2.41. The van der Waals surface area contributed by atoms with E-state index in [1.54, 1.807) is 0 Å². The molecule has 3 nitrogen and oxygen atoms in total. The van der Waals surface area contributed by atoms with Crippen LogP contribution in [-0.2, 0) is 0 Å². The lowest BCUT2D eigenvalue weighted by Crippen LogP contribution is -2.14. The van der Waals surface area contributed by atoms with Crippen LogP contribution in [0.2, 0.25) is 0 Å². The van der Waals surface area contributed by atoms with Crippen molar-refractivity contribution in [3.63, 3.8) is 0 Å². The Balaban J connectivity index is 2.72. The number of ether oxygens (including phenoxy) is 1. The standard InChI is InChI=1S/C13H22N2OS/c1-9(2)16-12-7-5-6-11(13(12)14)15-8-10(3)17-4/h5-7,9-10,15H,8,14H2,1-4H3. The summed E-state index contributed by atoms with van der Waals surface area (Å²) in [5.41, 5.74) is 7.70. The Kier molecular flexibility index (Phi) is 5.48. The Morgan fingerprint density at radius 1 is 1.35 bits per heavy atom. The largest absolute Gasteiger partial charge is 0.489 e. The molecule has 0 amide bonds. The van der Waals surface area contributed by atoms with Gasteiger partial charge in [0.05, 0.1) is 17.5 Å². The van der Waals surface area contributed by atoms with Gasteiger partial charge >= 0.3 is 0 Å². The molecule has 0 saturated carbocycles. The molecule has 1 unspecified atom stereocenters. The second kappa shape index (κ2) is 6.64. The van der Waals surface area contributed by atoms with E-state index in [1.165, 1.54) is 0 Å². The fourth-order valence-electron chi connectivity index (χ4n) is 1.39. The van der Waals surface area contributed by atoms with Gasteiger partial charge in [-0.1, -0.05) is 13.0 Å². The molecule has 1 atom stereocenters. The first-order chi connectivity index (χ1) is 8.04. The van der Waals surface area contributed by atoms with Crippen LogP contribution < -0.4 is 15.8 Å². The highest BCUT2D eigenvalue weighted by Crippen LogP contribution is 2.30. The molecule has 0 spiro atoms. The molecule has 0 radical (unpaired) electrons. The smallest absolute Gasteiger partial charge is 0.144 e. The maximum absolute atomic E-state index is 6.06. The molecular weight excluding hydrogens is 232 g/mol. The van der Waals surface area contributed by atoms with Gasteiger partial charge in [0.1, 0.15) is 5.75 Å². The fraction of sp³-hybridized carbons (Fsp3) is 0.538. The first kappa shape index (κ1) is 14.0. The van der Waals surface area contributed by atoms with Crippen molar-refractivity contribution in [2.24, 2.45) is 0 Å². The Bertz CT molecular complexity index is 355. The summed E-state index contributed by atoms with van der Waals surface area (Å²) in [5, 5.41) is 3.91. The summed E-state index contributed by atoms with van der Waals surface area (Å²) in [6, 6.07) is 5.84. The van der Waals surface area contributed by atoms with Crippen LogP contribution in [0.15, 0.2) is 18.2 Å². The van der Waals surface area contributed by atoms with Gasteiger partial charge in [-0.3, -0.25) is 0 Å². The molecule has 0 bridgehead atoms. The van der Waals surface area contributed by atoms with Gasteiger partial charge in [-0.15, -0.1) is 0 Å². The minimum atomic E-state index is 0.137. The molecule has 0 aliphatic heterocycles. The predicted octanol–water partition coefficient (Wildman–Crippen LogP) is 3.22. The first-order valence-electron chi connectivity index (χ1n) is 5.86. The predicted molar refractivity (Wildman–Crippen MR) is 78.1 cm³/mol. The third kappa shape index (κ3) is 4.38. The molecule has 4 heteroatoms. The Labute approximate surface area is 108 Å². The SMILES string of the molecule is CSC(C)CNc1cccc(OC(C)C)c1N. The quantitative estimate of drug-likeness (QED) is 0.765. The number of nitrogen functional groups attached to an aromatic ring is 1. The van der Waals surface area contributed by atoms with Crippen molar-refractivity contribution in [3.05, 3.63) is 18.2 Å². The fourth-order valence-corrected chi connectivity index (χ4v) is 1.64. The molecule has 0 fully saturated rings. The summed E-state index contributed by atoms with van der Waals surface area (Å²) in [6.45, 7) is 7.07. The number of nitrogens with one attached hydrogen (secondary N) is 1. The van der Waals surface area contributed by atoms with Gasteiger partial charge < -0.3 is 15.8 Å². The number of anilines is 2. The Morgan fingerprint density at radius 2 is 2.06 bits per heavy atom. The van der Waals surface area contributed by atoms with Crippen molar-refractivity contribution in [1.82, 2.24) is 0 Å². The number of para-hydroxylation sites is 1. The van der Waals surface area contributed by atoms with Crippen molar-refractivity contribution in [2.45, 2.75) is 32.1 Å². The van der Waals surface area contributed by atoms with Crippen LogP contribution in [0, 0.1) is 0 Å². The molecule has 17 heavy (non-hydrogen) atoms. The summed E-state index contributed by atoms with van der Waals surface area (Å²) in [4.78, 5) is 0. The van der Waals surface area contributed by atoms with Gasteiger partial charge in [0.25, 0.3) is 0 Å². The second-order valence-electron chi connectivity index (χ2n) is 4.31. The van der Waals surface area contributed by atoms with Gasteiger partial charge in [0, 0.05) is 11.8 Å². The van der Waals surface area contributed by atoms with Gasteiger partial charge in [-0.2, -0.15) is 11.8 Å². The number of benzene rings is 1. The van der Waals surface area contributed by atoms with E-state index in [0.717, 1.165) is 18.0 Å². The van der Waals surface area contributed by atoms with Crippen molar-refractivity contribution in [1.29, 1.82) is 0 Å². The van der Waals surface area contributed by atoms with E-state index in [2.05, 4.69) is 18.5 Å². The number of rotatable bonds is 6. The maximum Gasteiger partial charge on any atom is 0.144 e. The highest BCUT2D eigenvalue weighted by molar-refractivity contribution is 7.99. The molecule has 3 N–H and O–H groups in total. The Hall–Kier alpha value is -1.03. The zero-order valence-electron chi connectivity index (χ0n) is 11.0. The van der Waals surface area contributed by atoms with Gasteiger partial charge in [0.15, 0.2) is 0 Å². The lowest BCUT2D eigenvalue weighted by atomic mass is 10.2. The molecule has 1 aromatic rings. The van der Waals surface area contributed by atoms with E-state index in [1.807, 2.05) is 43.8 Å². The van der Waals surface area contributed by atoms with Crippen molar-refractivity contribution in [2.75, 3.05) is 23.9 Å². The molecule has 0 aliphatic carbocycles. The van der Waals surface area contributed by atoms with E-state index in [0.29, 0.717) is 10.9 Å². The normalized spacial score (nSPS) is 12.5. The minimum Gasteiger partial charge on any atom is -0.489 e. The molecule has 0 aliphatic rings. The van der Waals surface area contributed by atoms with Crippen LogP contribution >= 0.6 is 11.8 Å². The van der Waals surface area contributed by atoms with Crippen molar-refractivity contribution >= 4 is 23.1 Å². The maximum atomic E-state index is 6.06. The van der Waals surface area contributed by atoms with E-state index in [4.69, 9.17) is 10.5 Å². The molecule has 1 rings (SSSR count). The number of thioether (sulfide) groups is 1. The molecule has 96 valence electrons. The number of nitrogens with two attached hydrogens (primary N) is 1. The lowest BCUT2D eigenvalue weighted by Gasteiger charge is -2.17. The minimum absolute atomic E-state index is 0.137. The van der Waals surface area contributed by atoms with Gasteiger partial charge in [-0.05, 0) is 32.2 Å². The van der Waals surface area contributed by atoms with Crippen LogP contribution in [0.3, 0.4) is 0 Å². The highest BCUT2D eigenvalue weighted by atomic mass is 32.2. The van der Waals surface area contributed by atoms with E-state index in [-0.39, 0.29) is 6.10 Å². The first-order valence-corrected chi connectivity index (χ1v) is 7.15. The summed E-state index contributed by atoms with van der Waals surface area (Å²) < 4.78 is 5.65. The summed E-state index contributed by atoms with van der Waals surface area (Å²) >= 11 is 1.83. The number of hydrogen-bond donors (Lipinski definition) is 2. The average Bonchev–Trinajstić information content (AvgIpc) is 2.29. The molecule has 0 aromatic heterocycles. The summed E-state index contributed by atoms with van der Waals surface area (Å²) in [7, 11) is 0. The van der Waals surface area contributed by atoms with E-state index < -0.39 is 0 Å². The number of hydrogen-bond acceptors (Lipinski definition) is 4. The lowest BCUT2D eigenvalue weighted by molar-refractivity contribution is 0.244. The zero-order chi connectivity index (χ0) is 12.8. The molecule has 1 aromatic carbocycles. The second-order valence-corrected chi connectivity index (χ2v) is 5.59. The van der Waals surface area contributed by atoms with Crippen molar-refractivity contribution in [3.8, 4) is 5.75 Å². The van der Waals surface area contributed by atoms with Crippen LogP contribution in [0.4, 0.5) is 11.4 Å². The topological polar surface area (TPSA) is 47.3 Å². The van der Waals surface area contributed by atoms with Gasteiger partial charge in [-0.25, -0.2) is 0 Å². The molecule has 0 saturated heterocycles. The highest BCUT2D eigenvalue weighted by Gasteiger charge is 2.08. The Morgan fingerprint density at radius 3 is 2.65 bits per heavy atom. The van der Waals surface area contributed by atoms with Gasteiger partial charge in [0.2, 0.25) is 0 Å². The molecule has 0 heterocycles. The van der Waals surface area contributed by atoms with Crippen LogP contribution in [-0.4, -0.2) is 24.2 Å². The summed E-state index contributed by atoms with van der Waals surface area (Å²) in [5.74, 6) is 0.752. The average molecular weight is 254 g/mol.